The van der Waals surface area contributed by atoms with E-state index in [1.807, 2.05) is 6.07 Å². The molecule has 0 saturated heterocycles. The van der Waals surface area contributed by atoms with E-state index < -0.39 is 0 Å². The minimum atomic E-state index is -0.103. The van der Waals surface area contributed by atoms with Crippen molar-refractivity contribution >= 4 is 49.8 Å². The third kappa shape index (κ3) is 3.58. The van der Waals surface area contributed by atoms with Crippen LogP contribution in [0.4, 0.5) is 17.1 Å². The number of fused-ring (bicyclic) bond motifs is 11. The van der Waals surface area contributed by atoms with Gasteiger partial charge in [-0.3, -0.25) is 0 Å². The van der Waals surface area contributed by atoms with Gasteiger partial charge in [0.2, 0.25) is 0 Å². The Bertz CT molecular complexity index is 2530. The first-order valence-corrected chi connectivity index (χ1v) is 16.9. The highest BCUT2D eigenvalue weighted by Gasteiger charge is 2.37. The van der Waals surface area contributed by atoms with Gasteiger partial charge < -0.3 is 9.32 Å². The van der Waals surface area contributed by atoms with E-state index in [1.54, 1.807) is 0 Å². The summed E-state index contributed by atoms with van der Waals surface area (Å²) in [5.41, 5.74) is 15.9. The zero-order chi connectivity index (χ0) is 32.4. The van der Waals surface area contributed by atoms with E-state index >= 15 is 0 Å². The first-order valence-electron chi connectivity index (χ1n) is 16.9. The van der Waals surface area contributed by atoms with Gasteiger partial charge in [-0.05, 0) is 87.0 Å². The molecule has 1 heterocycles. The molecule has 0 amide bonds. The standard InChI is InChI=1S/C46H35NO/c1-45(2)38-16-8-5-12-30(38)32-22-20-28(26-40(32)45)47(29-21-23-33-31-13-6-9-17-39(31)46(3,4)41(33)27-29)42-18-11-15-36-34(42)24-25-37-35-14-7-10-19-43(35)48-44(36)37/h5-27H,1-4H3. The third-order valence-electron chi connectivity index (χ3n) is 11.3. The van der Waals surface area contributed by atoms with Crippen molar-refractivity contribution in [3.63, 3.8) is 0 Å². The number of para-hydroxylation sites is 1. The van der Waals surface area contributed by atoms with Crippen molar-refractivity contribution in [2.75, 3.05) is 4.90 Å². The lowest BCUT2D eigenvalue weighted by atomic mass is 9.82. The highest BCUT2D eigenvalue weighted by molar-refractivity contribution is 6.17. The number of nitrogens with zero attached hydrogens (tertiary/aromatic N) is 1. The Kier molecular flexibility index (Phi) is 5.44. The van der Waals surface area contributed by atoms with Gasteiger partial charge in [-0.2, -0.15) is 0 Å². The molecule has 0 unspecified atom stereocenters. The molecule has 0 radical (unpaired) electrons. The van der Waals surface area contributed by atoms with Crippen LogP contribution in [-0.4, -0.2) is 0 Å². The predicted molar refractivity (Wildman–Crippen MR) is 201 cm³/mol. The average Bonchev–Trinajstić information content (AvgIpc) is 3.69. The molecule has 230 valence electrons. The number of hydrogen-bond donors (Lipinski definition) is 0. The zero-order valence-corrected chi connectivity index (χ0v) is 27.6. The van der Waals surface area contributed by atoms with Crippen LogP contribution in [0.3, 0.4) is 0 Å². The Labute approximate surface area is 280 Å². The van der Waals surface area contributed by atoms with Crippen LogP contribution in [-0.2, 0) is 10.8 Å². The van der Waals surface area contributed by atoms with E-state index in [2.05, 4.69) is 166 Å². The molecule has 48 heavy (non-hydrogen) atoms. The highest BCUT2D eigenvalue weighted by atomic mass is 16.3. The van der Waals surface area contributed by atoms with Gasteiger partial charge in [0, 0.05) is 43.7 Å². The molecule has 0 aliphatic heterocycles. The van der Waals surface area contributed by atoms with Gasteiger partial charge in [0.25, 0.3) is 0 Å². The Hall–Kier alpha value is -5.60. The van der Waals surface area contributed by atoms with Crippen molar-refractivity contribution in [3.8, 4) is 22.3 Å². The molecule has 0 spiro atoms. The number of furan rings is 1. The van der Waals surface area contributed by atoms with Crippen molar-refractivity contribution in [2.45, 2.75) is 38.5 Å². The summed E-state index contributed by atoms with van der Waals surface area (Å²) in [5, 5.41) is 4.58. The fraction of sp³-hybridized carbons (Fsp3) is 0.130. The lowest BCUT2D eigenvalue weighted by molar-refractivity contribution is 0.660. The summed E-state index contributed by atoms with van der Waals surface area (Å²) in [7, 11) is 0. The molecule has 0 bridgehead atoms. The average molecular weight is 618 g/mol. The number of rotatable bonds is 3. The molecule has 0 fully saturated rings. The van der Waals surface area contributed by atoms with Gasteiger partial charge in [-0.1, -0.05) is 125 Å². The smallest absolute Gasteiger partial charge is 0.143 e. The molecule has 0 N–H and O–H groups in total. The predicted octanol–water partition coefficient (Wildman–Crippen LogP) is 12.8. The second-order valence-electron chi connectivity index (χ2n) is 14.5. The highest BCUT2D eigenvalue weighted by Crippen LogP contribution is 2.53. The second-order valence-corrected chi connectivity index (χ2v) is 14.5. The van der Waals surface area contributed by atoms with Crippen LogP contribution < -0.4 is 4.90 Å². The summed E-state index contributed by atoms with van der Waals surface area (Å²) in [5.74, 6) is 0. The van der Waals surface area contributed by atoms with Gasteiger partial charge >= 0.3 is 0 Å². The first-order chi connectivity index (χ1) is 23.3. The van der Waals surface area contributed by atoms with Gasteiger partial charge in [-0.25, -0.2) is 0 Å². The van der Waals surface area contributed by atoms with Gasteiger partial charge in [0.15, 0.2) is 0 Å². The van der Waals surface area contributed by atoms with Crippen LogP contribution in [0.2, 0.25) is 0 Å². The monoisotopic (exact) mass is 617 g/mol. The topological polar surface area (TPSA) is 16.4 Å². The lowest BCUT2D eigenvalue weighted by Crippen LogP contribution is -2.18. The number of anilines is 3. The van der Waals surface area contributed by atoms with Crippen LogP contribution >= 0.6 is 0 Å². The van der Waals surface area contributed by atoms with E-state index in [0.29, 0.717) is 0 Å². The molecule has 7 aromatic carbocycles. The minimum Gasteiger partial charge on any atom is -0.455 e. The zero-order valence-electron chi connectivity index (χ0n) is 27.6. The molecular formula is C46H35NO. The van der Waals surface area contributed by atoms with Gasteiger partial charge in [0.05, 0.1) is 5.69 Å². The summed E-state index contributed by atoms with van der Waals surface area (Å²) in [6.07, 6.45) is 0. The van der Waals surface area contributed by atoms with E-state index in [9.17, 15) is 0 Å². The summed E-state index contributed by atoms with van der Waals surface area (Å²) >= 11 is 0. The summed E-state index contributed by atoms with van der Waals surface area (Å²) < 4.78 is 6.54. The fourth-order valence-electron chi connectivity index (χ4n) is 8.81. The van der Waals surface area contributed by atoms with Crippen molar-refractivity contribution in [2.24, 2.45) is 0 Å². The number of hydrogen-bond acceptors (Lipinski definition) is 2. The third-order valence-corrected chi connectivity index (χ3v) is 11.3. The second kappa shape index (κ2) is 9.49. The van der Waals surface area contributed by atoms with Crippen LogP contribution in [0.25, 0.3) is 55.0 Å². The van der Waals surface area contributed by atoms with Crippen LogP contribution in [0.1, 0.15) is 49.9 Å². The van der Waals surface area contributed by atoms with Gasteiger partial charge in [0.1, 0.15) is 11.2 Å². The molecule has 0 saturated carbocycles. The SMILES string of the molecule is CC1(C)c2ccccc2-c2ccc(N(c3ccc4c(c3)C(C)(C)c3ccccc3-4)c3cccc4c3ccc3c5ccccc5oc43)cc21. The Morgan fingerprint density at radius 3 is 1.56 bits per heavy atom. The molecule has 2 aliphatic carbocycles. The summed E-state index contributed by atoms with van der Waals surface area (Å²) in [4.78, 5) is 2.47. The maximum Gasteiger partial charge on any atom is 0.143 e. The molecule has 2 nitrogen and oxygen atoms in total. The molecule has 2 aliphatic rings. The largest absolute Gasteiger partial charge is 0.455 e. The Balaban J connectivity index is 1.24. The quantitative estimate of drug-likeness (QED) is 0.196. The summed E-state index contributed by atoms with van der Waals surface area (Å²) in [6.45, 7) is 9.43. The summed E-state index contributed by atoms with van der Waals surface area (Å²) in [6, 6.07) is 51.4. The molecule has 8 aromatic rings. The molecule has 0 atom stereocenters. The van der Waals surface area contributed by atoms with E-state index in [4.69, 9.17) is 4.42 Å². The van der Waals surface area contributed by atoms with Crippen LogP contribution in [0, 0.1) is 0 Å². The molecule has 10 rings (SSSR count). The van der Waals surface area contributed by atoms with Crippen LogP contribution in [0.5, 0.6) is 0 Å². The Morgan fingerprint density at radius 2 is 0.917 bits per heavy atom. The van der Waals surface area contributed by atoms with Crippen molar-refractivity contribution in [3.05, 3.63) is 162 Å². The lowest BCUT2D eigenvalue weighted by Gasteiger charge is -2.30. The minimum absolute atomic E-state index is 0.103. The van der Waals surface area contributed by atoms with E-state index in [0.717, 1.165) is 49.8 Å². The van der Waals surface area contributed by atoms with E-state index in [1.165, 1.54) is 44.5 Å². The van der Waals surface area contributed by atoms with Crippen molar-refractivity contribution in [1.82, 2.24) is 0 Å². The number of benzene rings is 7. The van der Waals surface area contributed by atoms with Crippen molar-refractivity contribution < 1.29 is 4.42 Å². The first kappa shape index (κ1) is 27.5. The fourth-order valence-corrected chi connectivity index (χ4v) is 8.81. The Morgan fingerprint density at radius 1 is 0.417 bits per heavy atom. The normalized spacial score (nSPS) is 15.0. The van der Waals surface area contributed by atoms with E-state index in [-0.39, 0.29) is 10.8 Å². The molecule has 2 heteroatoms. The molecule has 1 aromatic heterocycles. The maximum atomic E-state index is 6.54. The maximum absolute atomic E-state index is 6.54. The van der Waals surface area contributed by atoms with Gasteiger partial charge in [-0.15, -0.1) is 0 Å². The molecular weight excluding hydrogens is 583 g/mol. The van der Waals surface area contributed by atoms with Crippen molar-refractivity contribution in [1.29, 1.82) is 0 Å². The van der Waals surface area contributed by atoms with Crippen LogP contribution in [0.15, 0.2) is 144 Å².